The molecule has 0 aliphatic heterocycles. The van der Waals surface area contributed by atoms with Gasteiger partial charge < -0.3 is 10.6 Å². The number of carbonyl (C=O) groups is 1. The summed E-state index contributed by atoms with van der Waals surface area (Å²) in [5.41, 5.74) is 2.15. The molecule has 0 aliphatic carbocycles. The molecule has 0 bridgehead atoms. The molecule has 1 aromatic carbocycles. The highest BCUT2D eigenvalue weighted by Crippen LogP contribution is 2.10. The van der Waals surface area contributed by atoms with E-state index in [9.17, 15) is 4.79 Å². The number of amides is 1. The van der Waals surface area contributed by atoms with E-state index < -0.39 is 0 Å². The number of nitrogens with one attached hydrogen (secondary N) is 2. The first kappa shape index (κ1) is 15.7. The molecule has 0 saturated heterocycles. The highest BCUT2D eigenvalue weighted by Gasteiger charge is 2.09. The Balaban J connectivity index is 2.39. The minimum absolute atomic E-state index is 0.0304. The Morgan fingerprint density at radius 2 is 1.84 bits per heavy atom. The minimum atomic E-state index is -0.0304. The zero-order valence-corrected chi connectivity index (χ0v) is 12.5. The van der Waals surface area contributed by atoms with Crippen LogP contribution in [-0.4, -0.2) is 18.5 Å². The van der Waals surface area contributed by atoms with E-state index in [1.165, 1.54) is 18.9 Å². The maximum absolute atomic E-state index is 10.9. The summed E-state index contributed by atoms with van der Waals surface area (Å²) in [4.78, 5) is 10.9. The molecule has 106 valence electrons. The van der Waals surface area contributed by atoms with Gasteiger partial charge in [0.15, 0.2) is 0 Å². The van der Waals surface area contributed by atoms with Crippen molar-refractivity contribution in [3.63, 3.8) is 0 Å². The highest BCUT2D eigenvalue weighted by molar-refractivity contribution is 5.88. The van der Waals surface area contributed by atoms with E-state index in [0.717, 1.165) is 18.7 Å². The third kappa shape index (κ3) is 5.88. The Bertz CT molecular complexity index is 384. The third-order valence-corrected chi connectivity index (χ3v) is 3.34. The topological polar surface area (TPSA) is 41.1 Å². The van der Waals surface area contributed by atoms with Gasteiger partial charge in [0.05, 0.1) is 0 Å². The molecule has 19 heavy (non-hydrogen) atoms. The van der Waals surface area contributed by atoms with Crippen LogP contribution in [0, 0.1) is 5.92 Å². The fourth-order valence-electron chi connectivity index (χ4n) is 2.21. The molecule has 0 aliphatic rings. The van der Waals surface area contributed by atoms with Crippen molar-refractivity contribution in [3.05, 3.63) is 29.8 Å². The number of rotatable bonds is 7. The summed E-state index contributed by atoms with van der Waals surface area (Å²) in [5.74, 6) is 0.643. The third-order valence-electron chi connectivity index (χ3n) is 3.34. The predicted molar refractivity (Wildman–Crippen MR) is 81.4 cm³/mol. The van der Waals surface area contributed by atoms with Crippen LogP contribution in [0.4, 0.5) is 5.69 Å². The van der Waals surface area contributed by atoms with Crippen molar-refractivity contribution in [2.45, 2.75) is 46.6 Å². The first-order valence-electron chi connectivity index (χ1n) is 7.12. The summed E-state index contributed by atoms with van der Waals surface area (Å²) < 4.78 is 0. The van der Waals surface area contributed by atoms with Crippen molar-refractivity contribution in [2.75, 3.05) is 11.9 Å². The maximum Gasteiger partial charge on any atom is 0.221 e. The molecular formula is C16H26N2O. The van der Waals surface area contributed by atoms with Gasteiger partial charge in [0.25, 0.3) is 0 Å². The molecule has 0 fully saturated rings. The fraction of sp³-hybridized carbons (Fsp3) is 0.562. The fourth-order valence-corrected chi connectivity index (χ4v) is 2.21. The predicted octanol–water partition coefficient (Wildman–Crippen LogP) is 3.21. The van der Waals surface area contributed by atoms with E-state index in [-0.39, 0.29) is 5.91 Å². The molecule has 1 amide bonds. The van der Waals surface area contributed by atoms with Crippen LogP contribution >= 0.6 is 0 Å². The van der Waals surface area contributed by atoms with Gasteiger partial charge in [-0.15, -0.1) is 0 Å². The molecule has 3 nitrogen and oxygen atoms in total. The number of hydrogen-bond donors (Lipinski definition) is 2. The lowest BCUT2D eigenvalue weighted by Crippen LogP contribution is -2.34. The lowest BCUT2D eigenvalue weighted by Gasteiger charge is -2.20. The lowest BCUT2D eigenvalue weighted by molar-refractivity contribution is -0.114. The van der Waals surface area contributed by atoms with E-state index in [0.29, 0.717) is 12.0 Å². The van der Waals surface area contributed by atoms with Gasteiger partial charge in [-0.3, -0.25) is 4.79 Å². The van der Waals surface area contributed by atoms with Crippen LogP contribution in [0.5, 0.6) is 0 Å². The Kier molecular flexibility index (Phi) is 6.57. The van der Waals surface area contributed by atoms with E-state index in [1.807, 2.05) is 12.1 Å². The zero-order chi connectivity index (χ0) is 14.3. The van der Waals surface area contributed by atoms with Gasteiger partial charge in [0.1, 0.15) is 0 Å². The molecular weight excluding hydrogens is 236 g/mol. The number of benzene rings is 1. The second-order valence-corrected chi connectivity index (χ2v) is 5.34. The molecule has 1 atom stereocenters. The largest absolute Gasteiger partial charge is 0.326 e. The average molecular weight is 262 g/mol. The van der Waals surface area contributed by atoms with Crippen molar-refractivity contribution >= 4 is 11.6 Å². The molecule has 0 heterocycles. The Hall–Kier alpha value is -1.35. The summed E-state index contributed by atoms with van der Waals surface area (Å²) >= 11 is 0. The van der Waals surface area contributed by atoms with Gasteiger partial charge in [0, 0.05) is 18.7 Å². The Morgan fingerprint density at radius 3 is 2.32 bits per heavy atom. The number of hydrogen-bond acceptors (Lipinski definition) is 2. The van der Waals surface area contributed by atoms with Gasteiger partial charge >= 0.3 is 0 Å². The maximum atomic E-state index is 10.9. The van der Waals surface area contributed by atoms with Crippen LogP contribution < -0.4 is 10.6 Å². The standard InChI is InChI=1S/C16H26N2O/c1-5-16(12(2)3)17-11-10-14-6-8-15(9-7-14)18-13(4)19/h6-9,12,16-17H,5,10-11H2,1-4H3,(H,18,19)/t16-/m1/s1. The first-order chi connectivity index (χ1) is 9.02. The molecule has 1 aromatic rings. The van der Waals surface area contributed by atoms with Crippen molar-refractivity contribution in [1.82, 2.24) is 5.32 Å². The van der Waals surface area contributed by atoms with Crippen molar-refractivity contribution < 1.29 is 4.79 Å². The monoisotopic (exact) mass is 262 g/mol. The summed E-state index contributed by atoms with van der Waals surface area (Å²) in [6, 6.07) is 8.65. The molecule has 0 radical (unpaired) electrons. The van der Waals surface area contributed by atoms with Crippen LogP contribution in [0.3, 0.4) is 0 Å². The molecule has 0 aromatic heterocycles. The van der Waals surface area contributed by atoms with Crippen molar-refractivity contribution in [3.8, 4) is 0 Å². The Labute approximate surface area is 116 Å². The van der Waals surface area contributed by atoms with E-state index >= 15 is 0 Å². The van der Waals surface area contributed by atoms with Crippen LogP contribution in [-0.2, 0) is 11.2 Å². The normalized spacial score (nSPS) is 12.5. The van der Waals surface area contributed by atoms with Crippen LogP contribution in [0.15, 0.2) is 24.3 Å². The minimum Gasteiger partial charge on any atom is -0.326 e. The second kappa shape index (κ2) is 7.95. The zero-order valence-electron chi connectivity index (χ0n) is 12.5. The van der Waals surface area contributed by atoms with Gasteiger partial charge in [-0.2, -0.15) is 0 Å². The molecule has 0 spiro atoms. The second-order valence-electron chi connectivity index (χ2n) is 5.34. The van der Waals surface area contributed by atoms with Crippen LogP contribution in [0.25, 0.3) is 0 Å². The first-order valence-corrected chi connectivity index (χ1v) is 7.12. The highest BCUT2D eigenvalue weighted by atomic mass is 16.1. The van der Waals surface area contributed by atoms with E-state index in [1.54, 1.807) is 0 Å². The summed E-state index contributed by atoms with van der Waals surface area (Å²) in [7, 11) is 0. The summed E-state index contributed by atoms with van der Waals surface area (Å²) in [5, 5.41) is 6.37. The van der Waals surface area contributed by atoms with Crippen LogP contribution in [0.2, 0.25) is 0 Å². The van der Waals surface area contributed by atoms with Crippen molar-refractivity contribution in [1.29, 1.82) is 0 Å². The van der Waals surface area contributed by atoms with Gasteiger partial charge in [-0.25, -0.2) is 0 Å². The number of anilines is 1. The van der Waals surface area contributed by atoms with Gasteiger partial charge in [-0.1, -0.05) is 32.9 Å². The van der Waals surface area contributed by atoms with Gasteiger partial charge in [-0.05, 0) is 43.0 Å². The summed E-state index contributed by atoms with van der Waals surface area (Å²) in [6.45, 7) is 9.25. The van der Waals surface area contributed by atoms with E-state index in [2.05, 4.69) is 43.5 Å². The Morgan fingerprint density at radius 1 is 1.21 bits per heavy atom. The quantitative estimate of drug-likeness (QED) is 0.792. The summed E-state index contributed by atoms with van der Waals surface area (Å²) in [6.07, 6.45) is 2.18. The van der Waals surface area contributed by atoms with Crippen LogP contribution in [0.1, 0.15) is 39.7 Å². The molecule has 0 saturated carbocycles. The van der Waals surface area contributed by atoms with E-state index in [4.69, 9.17) is 0 Å². The lowest BCUT2D eigenvalue weighted by atomic mass is 10.0. The smallest absolute Gasteiger partial charge is 0.221 e. The SMILES string of the molecule is CC[C@@H](NCCc1ccc(NC(C)=O)cc1)C(C)C. The molecule has 1 rings (SSSR count). The number of carbonyl (C=O) groups excluding carboxylic acids is 1. The van der Waals surface area contributed by atoms with Gasteiger partial charge in [0.2, 0.25) is 5.91 Å². The van der Waals surface area contributed by atoms with Crippen molar-refractivity contribution in [2.24, 2.45) is 5.92 Å². The molecule has 2 N–H and O–H groups in total. The molecule has 0 unspecified atom stereocenters. The average Bonchev–Trinajstić information content (AvgIpc) is 2.35. The molecule has 3 heteroatoms.